The molecule has 3 heterocycles. The van der Waals surface area contributed by atoms with Crippen molar-refractivity contribution in [3.05, 3.63) is 36.3 Å². The number of guanidine groups is 1. The molecule has 1 aliphatic rings. The van der Waals surface area contributed by atoms with Crippen LogP contribution in [0.5, 0.6) is 5.88 Å². The van der Waals surface area contributed by atoms with E-state index in [-0.39, 0.29) is 24.0 Å². The predicted octanol–water partition coefficient (Wildman–Crippen LogP) is 2.95. The van der Waals surface area contributed by atoms with Crippen LogP contribution in [-0.4, -0.2) is 53.0 Å². The number of halogens is 1. The summed E-state index contributed by atoms with van der Waals surface area (Å²) in [4.78, 5) is 11.5. The molecule has 0 spiro atoms. The van der Waals surface area contributed by atoms with Gasteiger partial charge in [-0.1, -0.05) is 13.0 Å². The maximum atomic E-state index is 5.54. The highest BCUT2D eigenvalue weighted by molar-refractivity contribution is 14.0. The Morgan fingerprint density at radius 3 is 2.83 bits per heavy atom. The second-order valence-electron chi connectivity index (χ2n) is 7.35. The molecule has 1 saturated heterocycles. The van der Waals surface area contributed by atoms with Crippen molar-refractivity contribution in [1.82, 2.24) is 25.4 Å². The van der Waals surface area contributed by atoms with Crippen LogP contribution in [0.25, 0.3) is 0 Å². The lowest BCUT2D eigenvalue weighted by atomic mass is 10.1. The molecule has 1 aliphatic heterocycles. The van der Waals surface area contributed by atoms with Crippen LogP contribution in [0.4, 0.5) is 5.69 Å². The minimum absolute atomic E-state index is 0. The maximum Gasteiger partial charge on any atom is 0.213 e. The smallest absolute Gasteiger partial charge is 0.213 e. The fraction of sp³-hybridized carbons (Fsp3) is 0.571. The van der Waals surface area contributed by atoms with E-state index < -0.39 is 0 Å². The molecule has 0 aliphatic carbocycles. The van der Waals surface area contributed by atoms with Crippen molar-refractivity contribution in [2.24, 2.45) is 12.0 Å². The van der Waals surface area contributed by atoms with Gasteiger partial charge in [0.2, 0.25) is 5.88 Å². The SMILES string of the molecule is CCCOc1ccc(CN=C(NCC)NC2CCCN(c3cnn(C)c3)C2)cn1.I. The molecule has 30 heavy (non-hydrogen) atoms. The van der Waals surface area contributed by atoms with Gasteiger partial charge < -0.3 is 20.3 Å². The second kappa shape index (κ2) is 12.6. The van der Waals surface area contributed by atoms with E-state index in [0.717, 1.165) is 50.4 Å². The highest BCUT2D eigenvalue weighted by atomic mass is 127. The highest BCUT2D eigenvalue weighted by Crippen LogP contribution is 2.19. The van der Waals surface area contributed by atoms with Gasteiger partial charge in [-0.3, -0.25) is 4.68 Å². The summed E-state index contributed by atoms with van der Waals surface area (Å²) in [5.41, 5.74) is 2.24. The van der Waals surface area contributed by atoms with Gasteiger partial charge >= 0.3 is 0 Å². The Bertz CT molecular complexity index is 778. The van der Waals surface area contributed by atoms with Gasteiger partial charge in [-0.2, -0.15) is 5.10 Å². The third kappa shape index (κ3) is 7.33. The van der Waals surface area contributed by atoms with Crippen molar-refractivity contribution < 1.29 is 4.74 Å². The minimum atomic E-state index is 0. The molecular weight excluding hydrogens is 493 g/mol. The van der Waals surface area contributed by atoms with Crippen LogP contribution in [0.2, 0.25) is 0 Å². The van der Waals surface area contributed by atoms with Gasteiger partial charge in [0.1, 0.15) is 0 Å². The minimum Gasteiger partial charge on any atom is -0.478 e. The largest absolute Gasteiger partial charge is 0.478 e. The van der Waals surface area contributed by atoms with E-state index in [1.165, 1.54) is 5.69 Å². The fourth-order valence-electron chi connectivity index (χ4n) is 3.38. The molecule has 166 valence electrons. The third-order valence-electron chi connectivity index (χ3n) is 4.83. The van der Waals surface area contributed by atoms with E-state index in [0.29, 0.717) is 25.1 Å². The first-order valence-electron chi connectivity index (χ1n) is 10.5. The first-order chi connectivity index (χ1) is 14.2. The Kier molecular flexibility index (Phi) is 10.2. The van der Waals surface area contributed by atoms with E-state index in [4.69, 9.17) is 9.73 Å². The van der Waals surface area contributed by atoms with Gasteiger partial charge in [0.15, 0.2) is 5.96 Å². The summed E-state index contributed by atoms with van der Waals surface area (Å²) >= 11 is 0. The van der Waals surface area contributed by atoms with Crippen LogP contribution in [0, 0.1) is 0 Å². The summed E-state index contributed by atoms with van der Waals surface area (Å²) in [6, 6.07) is 4.29. The molecule has 2 aromatic rings. The third-order valence-corrected chi connectivity index (χ3v) is 4.83. The molecule has 9 heteroatoms. The number of ether oxygens (including phenoxy) is 1. The predicted molar refractivity (Wildman–Crippen MR) is 132 cm³/mol. The van der Waals surface area contributed by atoms with Crippen molar-refractivity contribution in [2.45, 2.75) is 45.7 Å². The van der Waals surface area contributed by atoms with Crippen molar-refractivity contribution >= 4 is 35.6 Å². The van der Waals surface area contributed by atoms with E-state index in [1.807, 2.05) is 36.3 Å². The van der Waals surface area contributed by atoms with Crippen molar-refractivity contribution in [1.29, 1.82) is 0 Å². The average molecular weight is 527 g/mol. The number of piperidine rings is 1. The lowest BCUT2D eigenvalue weighted by Crippen LogP contribution is -2.51. The molecule has 0 radical (unpaired) electrons. The summed E-state index contributed by atoms with van der Waals surface area (Å²) in [7, 11) is 1.95. The van der Waals surface area contributed by atoms with E-state index >= 15 is 0 Å². The number of rotatable bonds is 8. The van der Waals surface area contributed by atoms with E-state index in [9.17, 15) is 0 Å². The van der Waals surface area contributed by atoms with Crippen LogP contribution in [0.15, 0.2) is 35.7 Å². The lowest BCUT2D eigenvalue weighted by molar-refractivity contribution is 0.305. The van der Waals surface area contributed by atoms with Gasteiger partial charge in [0.05, 0.1) is 25.0 Å². The number of anilines is 1. The summed E-state index contributed by atoms with van der Waals surface area (Å²) in [6.45, 7) is 8.28. The number of hydrogen-bond donors (Lipinski definition) is 2. The monoisotopic (exact) mass is 527 g/mol. The fourth-order valence-corrected chi connectivity index (χ4v) is 3.38. The number of aryl methyl sites for hydroxylation is 1. The first kappa shape index (κ1) is 24.2. The molecule has 2 aromatic heterocycles. The number of pyridine rings is 1. The van der Waals surface area contributed by atoms with Crippen LogP contribution >= 0.6 is 24.0 Å². The maximum absolute atomic E-state index is 5.54. The molecule has 2 N–H and O–H groups in total. The number of aromatic nitrogens is 3. The highest BCUT2D eigenvalue weighted by Gasteiger charge is 2.21. The molecule has 0 bridgehead atoms. The Morgan fingerprint density at radius 1 is 1.30 bits per heavy atom. The molecule has 1 atom stereocenters. The van der Waals surface area contributed by atoms with Crippen molar-refractivity contribution in [3.8, 4) is 5.88 Å². The summed E-state index contributed by atoms with van der Waals surface area (Å²) in [5.74, 6) is 1.51. The topological polar surface area (TPSA) is 79.6 Å². The second-order valence-corrected chi connectivity index (χ2v) is 7.35. The normalized spacial score (nSPS) is 16.7. The summed E-state index contributed by atoms with van der Waals surface area (Å²) < 4.78 is 7.39. The molecule has 1 unspecified atom stereocenters. The average Bonchev–Trinajstić information content (AvgIpc) is 3.18. The van der Waals surface area contributed by atoms with Gasteiger partial charge in [0, 0.05) is 51.2 Å². The van der Waals surface area contributed by atoms with Crippen LogP contribution < -0.4 is 20.3 Å². The molecule has 3 rings (SSSR count). The lowest BCUT2D eigenvalue weighted by Gasteiger charge is -2.34. The zero-order valence-electron chi connectivity index (χ0n) is 18.2. The number of nitrogens with zero attached hydrogens (tertiary/aromatic N) is 5. The summed E-state index contributed by atoms with van der Waals surface area (Å²) in [5, 5.41) is 11.3. The van der Waals surface area contributed by atoms with Gasteiger partial charge in [-0.05, 0) is 31.7 Å². The Hall–Kier alpha value is -2.04. The van der Waals surface area contributed by atoms with Crippen LogP contribution in [0.1, 0.15) is 38.7 Å². The quantitative estimate of drug-likeness (QED) is 0.312. The zero-order valence-corrected chi connectivity index (χ0v) is 20.5. The van der Waals surface area contributed by atoms with E-state index in [2.05, 4.69) is 45.7 Å². The molecule has 8 nitrogen and oxygen atoms in total. The van der Waals surface area contributed by atoms with Crippen molar-refractivity contribution in [3.63, 3.8) is 0 Å². The van der Waals surface area contributed by atoms with Crippen LogP contribution in [0.3, 0.4) is 0 Å². The van der Waals surface area contributed by atoms with Crippen molar-refractivity contribution in [2.75, 3.05) is 31.1 Å². The standard InChI is InChI=1S/C21H33N7O.HI/c1-4-11-29-20-9-8-17(12-23-20)13-24-21(22-5-2)26-18-7-6-10-28(15-18)19-14-25-27(3)16-19;/h8-9,12,14,16,18H,4-7,10-11,13,15H2,1-3H3,(H2,22,24,26);1H. The van der Waals surface area contributed by atoms with E-state index in [1.54, 1.807) is 0 Å². The molecular formula is C21H34IN7O. The number of hydrogen-bond acceptors (Lipinski definition) is 5. The Balaban J connectivity index is 0.00000320. The molecule has 0 saturated carbocycles. The summed E-state index contributed by atoms with van der Waals surface area (Å²) in [6.07, 6.45) is 9.10. The molecule has 1 fully saturated rings. The van der Waals surface area contributed by atoms with Gasteiger partial charge in [-0.15, -0.1) is 24.0 Å². The Labute approximate surface area is 196 Å². The van der Waals surface area contributed by atoms with Gasteiger partial charge in [-0.25, -0.2) is 9.98 Å². The number of aliphatic imine (C=N–C) groups is 1. The zero-order chi connectivity index (χ0) is 20.5. The van der Waals surface area contributed by atoms with Gasteiger partial charge in [0.25, 0.3) is 0 Å². The Morgan fingerprint density at radius 2 is 2.17 bits per heavy atom. The molecule has 0 aromatic carbocycles. The molecule has 0 amide bonds. The number of nitrogens with one attached hydrogen (secondary N) is 2. The first-order valence-corrected chi connectivity index (χ1v) is 10.5. The van der Waals surface area contributed by atoms with Crippen LogP contribution in [-0.2, 0) is 13.6 Å².